The first-order valence-electron chi connectivity index (χ1n) is 5.59. The lowest BCUT2D eigenvalue weighted by Gasteiger charge is -2.00. The third-order valence-corrected chi connectivity index (χ3v) is 2.68. The van der Waals surface area contributed by atoms with E-state index in [1.165, 1.54) is 5.56 Å². The fourth-order valence-corrected chi connectivity index (χ4v) is 1.68. The average Bonchev–Trinajstić information content (AvgIpc) is 2.38. The Bertz CT molecular complexity index is 426. The van der Waals surface area contributed by atoms with Crippen LogP contribution in [-0.4, -0.2) is 7.05 Å². The van der Waals surface area contributed by atoms with Crippen molar-refractivity contribution in [3.63, 3.8) is 0 Å². The van der Waals surface area contributed by atoms with Gasteiger partial charge in [0.1, 0.15) is 0 Å². The zero-order valence-electron chi connectivity index (χ0n) is 9.94. The van der Waals surface area contributed by atoms with Crippen molar-refractivity contribution >= 4 is 5.69 Å². The second-order valence-electron chi connectivity index (χ2n) is 3.81. The number of halogens is 1. The maximum Gasteiger partial charge on any atom is 0.170 e. The van der Waals surface area contributed by atoms with E-state index in [9.17, 15) is 0 Å². The predicted molar refractivity (Wildman–Crippen MR) is 66.3 cm³/mol. The van der Waals surface area contributed by atoms with E-state index in [2.05, 4.69) is 64.7 Å². The molecule has 0 saturated carbocycles. The number of aryl methyl sites for hydroxylation is 2. The fourth-order valence-electron chi connectivity index (χ4n) is 1.68. The Morgan fingerprint density at radius 2 is 1.65 bits per heavy atom. The van der Waals surface area contributed by atoms with Crippen LogP contribution in [0.15, 0.2) is 54.9 Å². The van der Waals surface area contributed by atoms with Gasteiger partial charge in [-0.1, -0.05) is 30.3 Å². The first kappa shape index (κ1) is 13.5. The van der Waals surface area contributed by atoms with E-state index in [0.29, 0.717) is 0 Å². The van der Waals surface area contributed by atoms with E-state index in [-0.39, 0.29) is 12.4 Å². The van der Waals surface area contributed by atoms with Crippen LogP contribution in [0.1, 0.15) is 5.56 Å². The van der Waals surface area contributed by atoms with E-state index < -0.39 is 0 Å². The molecular formula is C14H17ClN2. The van der Waals surface area contributed by atoms with Crippen molar-refractivity contribution in [2.24, 2.45) is 0 Å². The second kappa shape index (κ2) is 6.92. The molecule has 17 heavy (non-hydrogen) atoms. The van der Waals surface area contributed by atoms with Gasteiger partial charge >= 0.3 is 0 Å². The summed E-state index contributed by atoms with van der Waals surface area (Å²) in [5, 5.41) is 3.11. The van der Waals surface area contributed by atoms with E-state index in [1.54, 1.807) is 0 Å². The van der Waals surface area contributed by atoms with Gasteiger partial charge in [0.2, 0.25) is 0 Å². The molecule has 3 heteroatoms. The lowest BCUT2D eigenvalue weighted by atomic mass is 10.1. The standard InChI is InChI=1S/C14H16N2.ClH/c1-15-14-8-11-16(12-9-14)10-7-13-5-3-2-4-6-13;/h2-6,8-9,11-12H,7,10H2,1H3;1H. The monoisotopic (exact) mass is 248 g/mol. The molecule has 1 aromatic heterocycles. The van der Waals surface area contributed by atoms with Crippen LogP contribution in [0.25, 0.3) is 0 Å². The van der Waals surface area contributed by atoms with Crippen molar-refractivity contribution in [3.8, 4) is 0 Å². The number of rotatable bonds is 4. The van der Waals surface area contributed by atoms with Crippen molar-refractivity contribution in [1.82, 2.24) is 0 Å². The summed E-state index contributed by atoms with van der Waals surface area (Å²) in [6.07, 6.45) is 5.29. The van der Waals surface area contributed by atoms with E-state index in [1.807, 2.05) is 7.05 Å². The van der Waals surface area contributed by atoms with Gasteiger partial charge in [0.05, 0.1) is 0 Å². The molecule has 1 aromatic carbocycles. The van der Waals surface area contributed by atoms with Crippen LogP contribution in [0.5, 0.6) is 0 Å². The Hall–Kier alpha value is -1.54. The Kier molecular flexibility index (Phi) is 5.50. The molecule has 0 aliphatic carbocycles. The maximum absolute atomic E-state index is 3.11. The molecule has 0 unspecified atom stereocenters. The molecule has 0 aliphatic rings. The number of hydrogen-bond acceptors (Lipinski definition) is 1. The van der Waals surface area contributed by atoms with Crippen LogP contribution in [0.3, 0.4) is 0 Å². The molecule has 0 saturated heterocycles. The quantitative estimate of drug-likeness (QED) is 0.705. The van der Waals surface area contributed by atoms with Gasteiger partial charge in [-0.05, 0) is 5.56 Å². The minimum absolute atomic E-state index is 0. The highest BCUT2D eigenvalue weighted by Gasteiger charge is 2.00. The van der Waals surface area contributed by atoms with Gasteiger partial charge in [0.15, 0.2) is 18.9 Å². The molecule has 1 heterocycles. The number of pyridine rings is 1. The summed E-state index contributed by atoms with van der Waals surface area (Å²) < 4.78 is 2.20. The number of nitrogens with zero attached hydrogens (tertiary/aromatic N) is 1. The van der Waals surface area contributed by atoms with Crippen molar-refractivity contribution in [2.75, 3.05) is 12.4 Å². The molecule has 90 valence electrons. The molecule has 0 amide bonds. The van der Waals surface area contributed by atoms with Gasteiger partial charge in [-0.15, -0.1) is 0 Å². The normalized spacial score (nSPS) is 9.47. The summed E-state index contributed by atoms with van der Waals surface area (Å²) in [6, 6.07) is 14.7. The van der Waals surface area contributed by atoms with Gasteiger partial charge in [-0.3, -0.25) is 0 Å². The van der Waals surface area contributed by atoms with Gasteiger partial charge in [0.25, 0.3) is 0 Å². The summed E-state index contributed by atoms with van der Waals surface area (Å²) >= 11 is 0. The number of benzene rings is 1. The minimum atomic E-state index is 0. The van der Waals surface area contributed by atoms with Gasteiger partial charge < -0.3 is 17.7 Å². The third-order valence-electron chi connectivity index (χ3n) is 2.68. The molecule has 0 bridgehead atoms. The maximum atomic E-state index is 3.11. The zero-order valence-corrected chi connectivity index (χ0v) is 10.7. The number of hydrogen-bond donors (Lipinski definition) is 1. The molecule has 2 nitrogen and oxygen atoms in total. The number of nitrogens with one attached hydrogen (secondary N) is 1. The number of anilines is 1. The Morgan fingerprint density at radius 1 is 1.00 bits per heavy atom. The van der Waals surface area contributed by atoms with Crippen molar-refractivity contribution in [1.29, 1.82) is 0 Å². The van der Waals surface area contributed by atoms with Crippen LogP contribution < -0.4 is 22.3 Å². The van der Waals surface area contributed by atoms with E-state index in [0.717, 1.165) is 18.7 Å². The highest BCUT2D eigenvalue weighted by atomic mass is 35.5. The molecule has 0 radical (unpaired) electrons. The van der Waals surface area contributed by atoms with Crippen LogP contribution in [0.2, 0.25) is 0 Å². The van der Waals surface area contributed by atoms with Crippen LogP contribution in [0, 0.1) is 0 Å². The molecule has 0 aliphatic heterocycles. The Morgan fingerprint density at radius 3 is 2.24 bits per heavy atom. The molecule has 1 N–H and O–H groups in total. The highest BCUT2D eigenvalue weighted by Crippen LogP contribution is 2.01. The largest absolute Gasteiger partial charge is 1.00 e. The molecule has 0 fully saturated rings. The van der Waals surface area contributed by atoms with Crippen LogP contribution in [-0.2, 0) is 13.0 Å². The molecule has 2 aromatic rings. The van der Waals surface area contributed by atoms with Crippen molar-refractivity contribution < 1.29 is 17.0 Å². The lowest BCUT2D eigenvalue weighted by molar-refractivity contribution is -0.696. The van der Waals surface area contributed by atoms with Gasteiger partial charge in [-0.25, -0.2) is 4.57 Å². The summed E-state index contributed by atoms with van der Waals surface area (Å²) in [6.45, 7) is 1.02. The van der Waals surface area contributed by atoms with Crippen molar-refractivity contribution in [3.05, 3.63) is 60.4 Å². The predicted octanol–water partition coefficient (Wildman–Crippen LogP) is -0.737. The first-order valence-corrected chi connectivity index (χ1v) is 5.59. The van der Waals surface area contributed by atoms with Crippen LogP contribution in [0.4, 0.5) is 5.69 Å². The zero-order chi connectivity index (χ0) is 11.2. The van der Waals surface area contributed by atoms with E-state index >= 15 is 0 Å². The van der Waals surface area contributed by atoms with Crippen LogP contribution >= 0.6 is 0 Å². The molecule has 0 spiro atoms. The summed E-state index contributed by atoms with van der Waals surface area (Å²) in [7, 11) is 1.93. The summed E-state index contributed by atoms with van der Waals surface area (Å²) in [4.78, 5) is 0. The summed E-state index contributed by atoms with van der Waals surface area (Å²) in [5.41, 5.74) is 2.53. The lowest BCUT2D eigenvalue weighted by Crippen LogP contribution is -3.00. The van der Waals surface area contributed by atoms with Gasteiger partial charge in [0, 0.05) is 31.3 Å². The minimum Gasteiger partial charge on any atom is -1.00 e. The van der Waals surface area contributed by atoms with Gasteiger partial charge in [-0.2, -0.15) is 0 Å². The second-order valence-corrected chi connectivity index (χ2v) is 3.81. The highest BCUT2D eigenvalue weighted by molar-refractivity contribution is 5.38. The number of aromatic nitrogens is 1. The van der Waals surface area contributed by atoms with Crippen molar-refractivity contribution in [2.45, 2.75) is 13.0 Å². The Labute approximate surface area is 109 Å². The Balaban J connectivity index is 0.00000144. The third kappa shape index (κ3) is 4.08. The average molecular weight is 249 g/mol. The topological polar surface area (TPSA) is 15.9 Å². The molecule has 2 rings (SSSR count). The molecule has 0 atom stereocenters. The van der Waals surface area contributed by atoms with E-state index in [4.69, 9.17) is 0 Å². The SMILES string of the molecule is CNc1cc[n+](CCc2ccccc2)cc1.[Cl-]. The first-order chi connectivity index (χ1) is 7.88. The summed E-state index contributed by atoms with van der Waals surface area (Å²) in [5.74, 6) is 0. The molecular weight excluding hydrogens is 232 g/mol. The smallest absolute Gasteiger partial charge is 0.170 e. The fraction of sp³-hybridized carbons (Fsp3) is 0.214.